The summed E-state index contributed by atoms with van der Waals surface area (Å²) in [6, 6.07) is 23.2. The summed E-state index contributed by atoms with van der Waals surface area (Å²) >= 11 is 0. The zero-order chi connectivity index (χ0) is 25.0. The molecule has 35 heavy (non-hydrogen) atoms. The number of anilines is 1. The zero-order valence-corrected chi connectivity index (χ0v) is 19.4. The summed E-state index contributed by atoms with van der Waals surface area (Å²) in [4.78, 5) is 24.7. The smallest absolute Gasteiger partial charge is 0.262 e. The van der Waals surface area contributed by atoms with E-state index in [1.54, 1.807) is 49.6 Å². The van der Waals surface area contributed by atoms with Crippen molar-refractivity contribution in [1.82, 2.24) is 5.32 Å². The minimum Gasteiger partial charge on any atom is -0.497 e. The molecule has 0 aliphatic rings. The molecule has 0 heterocycles. The van der Waals surface area contributed by atoms with Gasteiger partial charge < -0.3 is 24.8 Å². The normalized spacial score (nSPS) is 10.6. The number of hydrogen-bond donors (Lipinski definition) is 2. The van der Waals surface area contributed by atoms with Gasteiger partial charge in [-0.25, -0.2) is 0 Å². The number of carbonyl (C=O) groups excluding carboxylic acids is 2. The number of amides is 2. The molecule has 0 fully saturated rings. The molecular weight excluding hydrogens is 446 g/mol. The maximum Gasteiger partial charge on any atom is 0.262 e. The van der Waals surface area contributed by atoms with Crippen molar-refractivity contribution in [2.24, 2.45) is 0 Å². The fourth-order valence-electron chi connectivity index (χ4n) is 3.10. The second-order valence-corrected chi connectivity index (χ2v) is 7.31. The maximum absolute atomic E-state index is 12.4. The summed E-state index contributed by atoms with van der Waals surface area (Å²) in [5.41, 5.74) is 2.07. The van der Waals surface area contributed by atoms with Crippen molar-refractivity contribution < 1.29 is 23.8 Å². The molecule has 3 aromatic rings. The molecule has 8 heteroatoms. The van der Waals surface area contributed by atoms with E-state index in [9.17, 15) is 14.9 Å². The number of benzene rings is 3. The van der Waals surface area contributed by atoms with E-state index in [1.807, 2.05) is 36.4 Å². The van der Waals surface area contributed by atoms with Crippen molar-refractivity contribution >= 4 is 23.6 Å². The summed E-state index contributed by atoms with van der Waals surface area (Å²) in [5.74, 6) is 0.569. The number of nitrogens with zero attached hydrogens (tertiary/aromatic N) is 1. The standard InChI is InChI=1S/C27H25N3O5/c1-33-23-11-9-22(10-12-23)30-26(31)18-35-24-13-8-20(15-25(24)34-2)14-21(16-28)27(32)29-17-19-6-4-3-5-7-19/h3-15H,17-18H2,1-2H3,(H,29,32)(H,30,31). The molecule has 178 valence electrons. The van der Waals surface area contributed by atoms with Crippen LogP contribution in [0, 0.1) is 11.3 Å². The highest BCUT2D eigenvalue weighted by Gasteiger charge is 2.12. The van der Waals surface area contributed by atoms with E-state index in [4.69, 9.17) is 14.2 Å². The number of hydrogen-bond acceptors (Lipinski definition) is 6. The van der Waals surface area contributed by atoms with Crippen molar-refractivity contribution in [3.05, 3.63) is 89.5 Å². The number of methoxy groups -OCH3 is 2. The second-order valence-electron chi connectivity index (χ2n) is 7.31. The fraction of sp³-hybridized carbons (Fsp3) is 0.148. The molecule has 2 N–H and O–H groups in total. The molecule has 3 aromatic carbocycles. The summed E-state index contributed by atoms with van der Waals surface area (Å²) in [6.45, 7) is 0.0797. The van der Waals surface area contributed by atoms with Gasteiger partial charge in [-0.2, -0.15) is 5.26 Å². The number of nitrogens with one attached hydrogen (secondary N) is 2. The van der Waals surface area contributed by atoms with Crippen LogP contribution in [0.2, 0.25) is 0 Å². The van der Waals surface area contributed by atoms with E-state index in [1.165, 1.54) is 13.2 Å². The molecule has 0 saturated carbocycles. The molecule has 0 unspecified atom stereocenters. The van der Waals surface area contributed by atoms with E-state index >= 15 is 0 Å². The molecule has 2 amide bonds. The SMILES string of the molecule is COc1ccc(NC(=O)COc2ccc(C=C(C#N)C(=O)NCc3ccccc3)cc2OC)cc1. The summed E-state index contributed by atoms with van der Waals surface area (Å²) in [5, 5.41) is 14.9. The van der Waals surface area contributed by atoms with Crippen LogP contribution in [0.25, 0.3) is 6.08 Å². The van der Waals surface area contributed by atoms with Crippen molar-refractivity contribution in [3.8, 4) is 23.3 Å². The first kappa shape index (κ1) is 24.9. The zero-order valence-electron chi connectivity index (χ0n) is 19.4. The Morgan fingerprint density at radius 2 is 1.69 bits per heavy atom. The van der Waals surface area contributed by atoms with Gasteiger partial charge >= 0.3 is 0 Å². The molecule has 3 rings (SSSR count). The van der Waals surface area contributed by atoms with Crippen molar-refractivity contribution in [2.45, 2.75) is 6.54 Å². The van der Waals surface area contributed by atoms with Gasteiger partial charge in [-0.3, -0.25) is 9.59 Å². The van der Waals surface area contributed by atoms with Gasteiger partial charge in [0.1, 0.15) is 17.4 Å². The Kier molecular flexibility index (Phi) is 8.85. The third-order valence-corrected chi connectivity index (χ3v) is 4.89. The van der Waals surface area contributed by atoms with Gasteiger partial charge in [-0.05, 0) is 53.6 Å². The Bertz CT molecular complexity index is 1230. The molecule has 0 radical (unpaired) electrons. The van der Waals surface area contributed by atoms with Gasteiger partial charge in [-0.1, -0.05) is 36.4 Å². The van der Waals surface area contributed by atoms with E-state index < -0.39 is 5.91 Å². The summed E-state index contributed by atoms with van der Waals surface area (Å²) in [7, 11) is 3.03. The average Bonchev–Trinajstić information content (AvgIpc) is 2.90. The van der Waals surface area contributed by atoms with Crippen LogP contribution in [0.4, 0.5) is 5.69 Å². The van der Waals surface area contributed by atoms with Crippen LogP contribution in [0.1, 0.15) is 11.1 Å². The van der Waals surface area contributed by atoms with Crippen LogP contribution < -0.4 is 24.8 Å². The molecule has 0 bridgehead atoms. The first-order valence-electron chi connectivity index (χ1n) is 10.7. The molecular formula is C27H25N3O5. The number of ether oxygens (including phenoxy) is 3. The van der Waals surface area contributed by atoms with E-state index in [0.29, 0.717) is 35.0 Å². The highest BCUT2D eigenvalue weighted by molar-refractivity contribution is 6.01. The van der Waals surface area contributed by atoms with Gasteiger partial charge in [-0.15, -0.1) is 0 Å². The molecule has 0 spiro atoms. The first-order chi connectivity index (χ1) is 17.0. The van der Waals surface area contributed by atoms with Crippen LogP contribution in [-0.4, -0.2) is 32.6 Å². The number of carbonyl (C=O) groups is 2. The summed E-state index contributed by atoms with van der Waals surface area (Å²) in [6.07, 6.45) is 1.46. The van der Waals surface area contributed by atoms with Crippen LogP contribution in [-0.2, 0) is 16.1 Å². The Labute approximate surface area is 203 Å². The largest absolute Gasteiger partial charge is 0.497 e. The molecule has 0 aliphatic carbocycles. The topological polar surface area (TPSA) is 110 Å². The van der Waals surface area contributed by atoms with Gasteiger partial charge in [0.2, 0.25) is 0 Å². The van der Waals surface area contributed by atoms with Crippen LogP contribution >= 0.6 is 0 Å². The number of nitriles is 1. The maximum atomic E-state index is 12.4. The van der Waals surface area contributed by atoms with Gasteiger partial charge in [0.25, 0.3) is 11.8 Å². The monoisotopic (exact) mass is 471 g/mol. The van der Waals surface area contributed by atoms with Gasteiger partial charge in [0.05, 0.1) is 14.2 Å². The van der Waals surface area contributed by atoms with E-state index in [-0.39, 0.29) is 18.1 Å². The lowest BCUT2D eigenvalue weighted by atomic mass is 10.1. The predicted molar refractivity (Wildman–Crippen MR) is 132 cm³/mol. The minimum absolute atomic E-state index is 0.0458. The molecule has 0 aliphatic heterocycles. The Morgan fingerprint density at radius 1 is 0.943 bits per heavy atom. The Morgan fingerprint density at radius 3 is 2.34 bits per heavy atom. The third-order valence-electron chi connectivity index (χ3n) is 4.89. The fourth-order valence-corrected chi connectivity index (χ4v) is 3.10. The van der Waals surface area contributed by atoms with Crippen LogP contribution in [0.3, 0.4) is 0 Å². The average molecular weight is 472 g/mol. The molecule has 0 aromatic heterocycles. The van der Waals surface area contributed by atoms with Gasteiger partial charge in [0, 0.05) is 12.2 Å². The van der Waals surface area contributed by atoms with Crippen LogP contribution in [0.15, 0.2) is 78.4 Å². The molecule has 0 atom stereocenters. The first-order valence-corrected chi connectivity index (χ1v) is 10.7. The lowest BCUT2D eigenvalue weighted by molar-refractivity contribution is -0.118. The number of rotatable bonds is 10. The van der Waals surface area contributed by atoms with Crippen molar-refractivity contribution in [3.63, 3.8) is 0 Å². The molecule has 0 saturated heterocycles. The molecule has 8 nitrogen and oxygen atoms in total. The van der Waals surface area contributed by atoms with E-state index in [2.05, 4.69) is 10.6 Å². The Hall–Kier alpha value is -4.77. The quantitative estimate of drug-likeness (QED) is 0.342. The van der Waals surface area contributed by atoms with Gasteiger partial charge in [0.15, 0.2) is 18.1 Å². The van der Waals surface area contributed by atoms with Crippen molar-refractivity contribution in [1.29, 1.82) is 5.26 Å². The highest BCUT2D eigenvalue weighted by Crippen LogP contribution is 2.29. The van der Waals surface area contributed by atoms with E-state index in [0.717, 1.165) is 5.56 Å². The summed E-state index contributed by atoms with van der Waals surface area (Å²) < 4.78 is 16.1. The minimum atomic E-state index is -0.481. The lowest BCUT2D eigenvalue weighted by Crippen LogP contribution is -2.23. The van der Waals surface area contributed by atoms with Crippen molar-refractivity contribution in [2.75, 3.05) is 26.1 Å². The van der Waals surface area contributed by atoms with Crippen LogP contribution in [0.5, 0.6) is 17.2 Å². The highest BCUT2D eigenvalue weighted by atomic mass is 16.5. The lowest BCUT2D eigenvalue weighted by Gasteiger charge is -2.12. The Balaban J connectivity index is 1.61. The third kappa shape index (κ3) is 7.37. The predicted octanol–water partition coefficient (Wildman–Crippen LogP) is 3.94. The second kappa shape index (κ2) is 12.5.